The second kappa shape index (κ2) is 5.77. The number of anilines is 2. The van der Waals surface area contributed by atoms with Gasteiger partial charge < -0.3 is 15.8 Å². The largest absolute Gasteiger partial charge is 0.467 e. The maximum atomic E-state index is 11.8. The lowest BCUT2D eigenvalue weighted by molar-refractivity contribution is -0.142. The standard InChI is InChI=1S/C15H19N3O2/c1-9(2)13(15(19)20-3)18-14-11-5-4-6-12(16)10(11)7-8-17-14/h4-9,13H,16H2,1-3H3,(H,17,18). The van der Waals surface area contributed by atoms with E-state index in [-0.39, 0.29) is 11.9 Å². The van der Waals surface area contributed by atoms with Crippen molar-refractivity contribution in [3.05, 3.63) is 30.5 Å². The number of carbonyl (C=O) groups excluding carboxylic acids is 1. The summed E-state index contributed by atoms with van der Waals surface area (Å²) in [6.45, 7) is 3.90. The molecule has 0 saturated carbocycles. The van der Waals surface area contributed by atoms with Gasteiger partial charge in [-0.1, -0.05) is 26.0 Å². The van der Waals surface area contributed by atoms with Gasteiger partial charge in [0.1, 0.15) is 11.9 Å². The van der Waals surface area contributed by atoms with Gasteiger partial charge in [-0.15, -0.1) is 0 Å². The molecule has 1 aromatic carbocycles. The molecular weight excluding hydrogens is 254 g/mol. The van der Waals surface area contributed by atoms with E-state index in [0.717, 1.165) is 10.8 Å². The smallest absolute Gasteiger partial charge is 0.328 e. The van der Waals surface area contributed by atoms with Crippen LogP contribution in [0, 0.1) is 5.92 Å². The van der Waals surface area contributed by atoms with Gasteiger partial charge in [0.25, 0.3) is 0 Å². The Labute approximate surface area is 118 Å². The monoisotopic (exact) mass is 273 g/mol. The van der Waals surface area contributed by atoms with Crippen LogP contribution >= 0.6 is 0 Å². The molecule has 1 atom stereocenters. The lowest BCUT2D eigenvalue weighted by Gasteiger charge is -2.21. The molecule has 3 N–H and O–H groups in total. The van der Waals surface area contributed by atoms with E-state index in [0.29, 0.717) is 11.5 Å². The third kappa shape index (κ3) is 2.66. The van der Waals surface area contributed by atoms with Crippen molar-refractivity contribution in [2.75, 3.05) is 18.2 Å². The minimum absolute atomic E-state index is 0.0839. The molecule has 0 aliphatic carbocycles. The van der Waals surface area contributed by atoms with Crippen molar-refractivity contribution in [1.29, 1.82) is 0 Å². The number of fused-ring (bicyclic) bond motifs is 1. The van der Waals surface area contributed by atoms with Crippen LogP contribution in [-0.4, -0.2) is 24.1 Å². The highest BCUT2D eigenvalue weighted by molar-refractivity contribution is 5.99. The first kappa shape index (κ1) is 14.1. The number of nitrogens with two attached hydrogens (primary N) is 1. The number of aromatic nitrogens is 1. The summed E-state index contributed by atoms with van der Waals surface area (Å²) in [5.74, 6) is 0.419. The van der Waals surface area contributed by atoms with Gasteiger partial charge in [-0.05, 0) is 18.1 Å². The van der Waals surface area contributed by atoms with Crippen LogP contribution in [0.4, 0.5) is 11.5 Å². The number of nitrogens with one attached hydrogen (secondary N) is 1. The van der Waals surface area contributed by atoms with Crippen LogP contribution in [-0.2, 0) is 9.53 Å². The van der Waals surface area contributed by atoms with Gasteiger partial charge in [-0.2, -0.15) is 0 Å². The Balaban J connectivity index is 2.43. The summed E-state index contributed by atoms with van der Waals surface area (Å²) in [6, 6.07) is 7.05. The first-order valence-electron chi connectivity index (χ1n) is 6.52. The van der Waals surface area contributed by atoms with Crippen LogP contribution in [0.3, 0.4) is 0 Å². The summed E-state index contributed by atoms with van der Waals surface area (Å²) in [4.78, 5) is 16.1. The van der Waals surface area contributed by atoms with Crippen molar-refractivity contribution in [3.63, 3.8) is 0 Å². The van der Waals surface area contributed by atoms with Crippen LogP contribution in [0.25, 0.3) is 10.8 Å². The summed E-state index contributed by atoms with van der Waals surface area (Å²) in [5, 5.41) is 4.96. The fourth-order valence-corrected chi connectivity index (χ4v) is 2.12. The molecule has 1 aromatic heterocycles. The number of benzene rings is 1. The predicted octanol–water partition coefficient (Wildman–Crippen LogP) is 2.43. The van der Waals surface area contributed by atoms with Crippen molar-refractivity contribution in [1.82, 2.24) is 4.98 Å². The average molecular weight is 273 g/mol. The summed E-state index contributed by atoms with van der Waals surface area (Å²) >= 11 is 0. The molecule has 0 aliphatic rings. The minimum atomic E-state index is -0.445. The zero-order valence-corrected chi connectivity index (χ0v) is 11.9. The summed E-state index contributed by atoms with van der Waals surface area (Å²) in [5.41, 5.74) is 6.64. The number of esters is 1. The van der Waals surface area contributed by atoms with E-state index in [9.17, 15) is 4.79 Å². The first-order chi connectivity index (χ1) is 9.54. The van der Waals surface area contributed by atoms with E-state index in [4.69, 9.17) is 10.5 Å². The summed E-state index contributed by atoms with van der Waals surface area (Å²) < 4.78 is 4.83. The van der Waals surface area contributed by atoms with Gasteiger partial charge in [-0.3, -0.25) is 0 Å². The number of nitrogen functional groups attached to an aromatic ring is 1. The van der Waals surface area contributed by atoms with Gasteiger partial charge in [0.05, 0.1) is 7.11 Å². The van der Waals surface area contributed by atoms with Gasteiger partial charge in [0.15, 0.2) is 0 Å². The highest BCUT2D eigenvalue weighted by Crippen LogP contribution is 2.26. The maximum Gasteiger partial charge on any atom is 0.328 e. The molecule has 20 heavy (non-hydrogen) atoms. The third-order valence-corrected chi connectivity index (χ3v) is 3.25. The molecule has 0 saturated heterocycles. The van der Waals surface area contributed by atoms with Crippen molar-refractivity contribution in [3.8, 4) is 0 Å². The van der Waals surface area contributed by atoms with Crippen LogP contribution < -0.4 is 11.1 Å². The lowest BCUT2D eigenvalue weighted by atomic mass is 10.0. The molecule has 1 heterocycles. The summed E-state index contributed by atoms with van der Waals surface area (Å²) in [6.07, 6.45) is 1.68. The van der Waals surface area contributed by atoms with Crippen molar-refractivity contribution in [2.24, 2.45) is 5.92 Å². The highest BCUT2D eigenvalue weighted by atomic mass is 16.5. The average Bonchev–Trinajstić information content (AvgIpc) is 2.44. The number of rotatable bonds is 4. The molecule has 5 heteroatoms. The molecule has 106 valence electrons. The van der Waals surface area contributed by atoms with E-state index >= 15 is 0 Å². The predicted molar refractivity (Wildman–Crippen MR) is 80.4 cm³/mol. The molecule has 2 rings (SSSR count). The van der Waals surface area contributed by atoms with Gasteiger partial charge in [-0.25, -0.2) is 9.78 Å². The van der Waals surface area contributed by atoms with Crippen molar-refractivity contribution >= 4 is 28.2 Å². The van der Waals surface area contributed by atoms with E-state index in [2.05, 4.69) is 10.3 Å². The Morgan fingerprint density at radius 1 is 1.30 bits per heavy atom. The van der Waals surface area contributed by atoms with Crippen LogP contribution in [0.2, 0.25) is 0 Å². The fourth-order valence-electron chi connectivity index (χ4n) is 2.12. The summed E-state index contributed by atoms with van der Waals surface area (Å²) in [7, 11) is 1.38. The number of hydrogen-bond donors (Lipinski definition) is 2. The van der Waals surface area contributed by atoms with Crippen molar-refractivity contribution < 1.29 is 9.53 Å². The number of methoxy groups -OCH3 is 1. The quantitative estimate of drug-likeness (QED) is 0.661. The molecule has 5 nitrogen and oxygen atoms in total. The van der Waals surface area contributed by atoms with Crippen molar-refractivity contribution in [2.45, 2.75) is 19.9 Å². The minimum Gasteiger partial charge on any atom is -0.467 e. The topological polar surface area (TPSA) is 77.2 Å². The Morgan fingerprint density at radius 3 is 2.70 bits per heavy atom. The van der Waals surface area contributed by atoms with Crippen LogP contribution in [0.1, 0.15) is 13.8 Å². The normalized spacial score (nSPS) is 12.4. The Bertz CT molecular complexity index is 626. The zero-order chi connectivity index (χ0) is 14.7. The van der Waals surface area contributed by atoms with Gasteiger partial charge in [0, 0.05) is 22.7 Å². The zero-order valence-electron chi connectivity index (χ0n) is 11.9. The van der Waals surface area contributed by atoms with E-state index < -0.39 is 6.04 Å². The first-order valence-corrected chi connectivity index (χ1v) is 6.52. The second-order valence-corrected chi connectivity index (χ2v) is 4.99. The van der Waals surface area contributed by atoms with Gasteiger partial charge in [0.2, 0.25) is 0 Å². The molecule has 2 aromatic rings. The lowest BCUT2D eigenvalue weighted by Crippen LogP contribution is -2.35. The SMILES string of the molecule is COC(=O)C(Nc1nccc2c(N)cccc12)C(C)C. The second-order valence-electron chi connectivity index (χ2n) is 4.99. The third-order valence-electron chi connectivity index (χ3n) is 3.25. The molecule has 0 aliphatic heterocycles. The van der Waals surface area contributed by atoms with Gasteiger partial charge >= 0.3 is 5.97 Å². The molecule has 0 bridgehead atoms. The number of ether oxygens (including phenoxy) is 1. The van der Waals surface area contributed by atoms with Crippen LogP contribution in [0.15, 0.2) is 30.5 Å². The number of nitrogens with zero attached hydrogens (tertiary/aromatic N) is 1. The molecule has 1 unspecified atom stereocenters. The number of carbonyl (C=O) groups is 1. The molecular formula is C15H19N3O2. The van der Waals surface area contributed by atoms with Crippen LogP contribution in [0.5, 0.6) is 0 Å². The van der Waals surface area contributed by atoms with E-state index in [1.165, 1.54) is 7.11 Å². The Morgan fingerprint density at radius 2 is 2.05 bits per heavy atom. The Hall–Kier alpha value is -2.30. The fraction of sp³-hybridized carbons (Fsp3) is 0.333. The van der Waals surface area contributed by atoms with E-state index in [1.54, 1.807) is 6.20 Å². The molecule has 0 spiro atoms. The van der Waals surface area contributed by atoms with E-state index in [1.807, 2.05) is 38.1 Å². The number of pyridine rings is 1. The molecule has 0 fully saturated rings. The number of hydrogen-bond acceptors (Lipinski definition) is 5. The maximum absolute atomic E-state index is 11.8. The Kier molecular flexibility index (Phi) is 4.08. The molecule has 0 radical (unpaired) electrons. The molecule has 0 amide bonds. The highest BCUT2D eigenvalue weighted by Gasteiger charge is 2.23.